The van der Waals surface area contributed by atoms with E-state index in [1.54, 1.807) is 0 Å². The summed E-state index contributed by atoms with van der Waals surface area (Å²) in [5.74, 6) is 0.0559. The molecule has 3 heteroatoms. The highest BCUT2D eigenvalue weighted by molar-refractivity contribution is 5.79. The number of likely N-dealkylation sites (N-methyl/N-ethyl adjacent to an activating group) is 1. The Morgan fingerprint density at radius 1 is 1.21 bits per heavy atom. The van der Waals surface area contributed by atoms with Crippen molar-refractivity contribution in [2.45, 2.75) is 38.0 Å². The van der Waals surface area contributed by atoms with E-state index >= 15 is 0 Å². The van der Waals surface area contributed by atoms with E-state index in [-0.39, 0.29) is 17.8 Å². The molecule has 0 N–H and O–H groups in total. The van der Waals surface area contributed by atoms with Gasteiger partial charge in [-0.3, -0.25) is 4.79 Å². The average molecular weight is 328 g/mol. The molecule has 130 valence electrons. The number of ether oxygens (including phenoxy) is 1. The van der Waals surface area contributed by atoms with Crippen molar-refractivity contribution in [1.82, 2.24) is 0 Å². The number of likely N-dealkylation sites (tertiary alicyclic amines) is 1. The van der Waals surface area contributed by atoms with Crippen LogP contribution in [-0.4, -0.2) is 43.7 Å². The van der Waals surface area contributed by atoms with Gasteiger partial charge in [-0.15, -0.1) is 0 Å². The van der Waals surface area contributed by atoms with Crippen molar-refractivity contribution in [3.63, 3.8) is 0 Å². The molecule has 1 aromatic rings. The molecule has 0 saturated carbocycles. The Labute approximate surface area is 145 Å². The monoisotopic (exact) mass is 328 g/mol. The van der Waals surface area contributed by atoms with E-state index in [2.05, 4.69) is 31.3 Å². The first kappa shape index (κ1) is 17.2. The zero-order valence-electron chi connectivity index (χ0n) is 14.8. The van der Waals surface area contributed by atoms with Gasteiger partial charge in [0.15, 0.2) is 0 Å². The van der Waals surface area contributed by atoms with Crippen LogP contribution in [-0.2, 0) is 9.53 Å². The number of rotatable bonds is 6. The van der Waals surface area contributed by atoms with Crippen LogP contribution < -0.4 is 0 Å². The first-order valence-electron chi connectivity index (χ1n) is 9.40. The summed E-state index contributed by atoms with van der Waals surface area (Å²) in [6, 6.07) is 10.1. The third kappa shape index (κ3) is 4.27. The van der Waals surface area contributed by atoms with Crippen LogP contribution in [0.1, 0.15) is 43.6 Å². The number of carbonyl (C=O) groups excluding carboxylic acids is 1. The summed E-state index contributed by atoms with van der Waals surface area (Å²) in [6.45, 7) is 3.90. The van der Waals surface area contributed by atoms with Crippen LogP contribution >= 0.6 is 0 Å². The Balaban J connectivity index is 1.64. The van der Waals surface area contributed by atoms with Gasteiger partial charge in [0, 0.05) is 12.8 Å². The number of esters is 1. The summed E-state index contributed by atoms with van der Waals surface area (Å²) in [4.78, 5) is 12.9. The summed E-state index contributed by atoms with van der Waals surface area (Å²) in [5, 5.41) is 0. The largest absolute Gasteiger partial charge is 0.459 e. The average Bonchev–Trinajstić information content (AvgIpc) is 3.04. The van der Waals surface area contributed by atoms with E-state index in [1.165, 1.54) is 25.9 Å². The predicted octanol–water partition coefficient (Wildman–Crippen LogP) is 3.91. The molecule has 1 aromatic carbocycles. The zero-order valence-corrected chi connectivity index (χ0v) is 14.8. The van der Waals surface area contributed by atoms with Crippen LogP contribution in [0.3, 0.4) is 0 Å². The number of carbonyl (C=O) groups is 1. The van der Waals surface area contributed by atoms with Gasteiger partial charge in [0.05, 0.1) is 26.1 Å². The SMILES string of the molecule is C[N+]1(CCOC(=O)[C@@H](c2ccccc2)[C@@H]2C=CCCC2)CCCC1. The molecule has 24 heavy (non-hydrogen) atoms. The van der Waals surface area contributed by atoms with Gasteiger partial charge in [-0.25, -0.2) is 0 Å². The second kappa shape index (κ2) is 7.98. The summed E-state index contributed by atoms with van der Waals surface area (Å²) < 4.78 is 6.80. The molecule has 1 saturated heterocycles. The Kier molecular flexibility index (Phi) is 5.72. The molecular weight excluding hydrogens is 298 g/mol. The number of benzene rings is 1. The number of quaternary nitrogens is 1. The van der Waals surface area contributed by atoms with Crippen LogP contribution in [0.15, 0.2) is 42.5 Å². The molecule has 2 aliphatic rings. The fraction of sp³-hybridized carbons (Fsp3) is 0.571. The molecule has 1 fully saturated rings. The Bertz CT molecular complexity index is 560. The Hall–Kier alpha value is -1.61. The van der Waals surface area contributed by atoms with Crippen molar-refractivity contribution < 1.29 is 14.0 Å². The second-order valence-electron chi connectivity index (χ2n) is 7.58. The maximum atomic E-state index is 12.9. The van der Waals surface area contributed by atoms with E-state index in [4.69, 9.17) is 4.74 Å². The van der Waals surface area contributed by atoms with Crippen molar-refractivity contribution in [2.75, 3.05) is 33.3 Å². The molecule has 2 atom stereocenters. The molecule has 0 aromatic heterocycles. The minimum Gasteiger partial charge on any atom is -0.459 e. The Morgan fingerprint density at radius 2 is 1.96 bits per heavy atom. The first-order valence-corrected chi connectivity index (χ1v) is 9.40. The van der Waals surface area contributed by atoms with Crippen molar-refractivity contribution >= 4 is 5.97 Å². The maximum Gasteiger partial charge on any atom is 0.314 e. The van der Waals surface area contributed by atoms with Gasteiger partial charge in [-0.2, -0.15) is 0 Å². The third-order valence-corrected chi connectivity index (χ3v) is 5.65. The highest BCUT2D eigenvalue weighted by Crippen LogP contribution is 2.33. The minimum atomic E-state index is -0.161. The molecule has 0 bridgehead atoms. The molecule has 0 unspecified atom stereocenters. The molecule has 3 rings (SSSR count). The molecule has 0 radical (unpaired) electrons. The standard InChI is InChI=1S/C21H30NO2/c1-22(14-8-9-15-22)16-17-24-21(23)20(18-10-4-2-5-11-18)19-12-6-3-7-13-19/h2,4-6,10-12,19-20H,3,7-9,13-17H2,1H3/q+1/t19-,20+/m1/s1. The van der Waals surface area contributed by atoms with Crippen molar-refractivity contribution in [1.29, 1.82) is 0 Å². The molecule has 1 heterocycles. The lowest BCUT2D eigenvalue weighted by atomic mass is 9.80. The van der Waals surface area contributed by atoms with Gasteiger partial charge >= 0.3 is 5.97 Å². The van der Waals surface area contributed by atoms with Gasteiger partial charge in [0.2, 0.25) is 0 Å². The van der Waals surface area contributed by atoms with Crippen molar-refractivity contribution in [3.05, 3.63) is 48.0 Å². The third-order valence-electron chi connectivity index (χ3n) is 5.65. The van der Waals surface area contributed by atoms with Crippen LogP contribution in [0, 0.1) is 5.92 Å². The quantitative estimate of drug-likeness (QED) is 0.449. The maximum absolute atomic E-state index is 12.9. The van der Waals surface area contributed by atoms with Crippen LogP contribution in [0.2, 0.25) is 0 Å². The lowest BCUT2D eigenvalue weighted by Crippen LogP contribution is -2.43. The van der Waals surface area contributed by atoms with Gasteiger partial charge < -0.3 is 9.22 Å². The van der Waals surface area contributed by atoms with Crippen molar-refractivity contribution in [3.8, 4) is 0 Å². The number of nitrogens with zero attached hydrogens (tertiary/aromatic N) is 1. The van der Waals surface area contributed by atoms with E-state index in [1.807, 2.05) is 18.2 Å². The topological polar surface area (TPSA) is 26.3 Å². The highest BCUT2D eigenvalue weighted by atomic mass is 16.5. The minimum absolute atomic E-state index is 0.0523. The molecule has 0 amide bonds. The fourth-order valence-corrected chi connectivity index (χ4v) is 4.11. The molecular formula is C21H30NO2+. The second-order valence-corrected chi connectivity index (χ2v) is 7.58. The Morgan fingerprint density at radius 3 is 2.62 bits per heavy atom. The van der Waals surface area contributed by atoms with E-state index in [0.717, 1.165) is 35.9 Å². The lowest BCUT2D eigenvalue weighted by molar-refractivity contribution is -0.897. The lowest BCUT2D eigenvalue weighted by Gasteiger charge is -2.30. The predicted molar refractivity (Wildman–Crippen MR) is 96.6 cm³/mol. The summed E-state index contributed by atoms with van der Waals surface area (Å²) in [5.41, 5.74) is 1.08. The zero-order chi connectivity index (χ0) is 16.8. The van der Waals surface area contributed by atoms with E-state index < -0.39 is 0 Å². The number of hydrogen-bond donors (Lipinski definition) is 0. The van der Waals surface area contributed by atoms with E-state index in [0.29, 0.717) is 6.61 Å². The number of hydrogen-bond acceptors (Lipinski definition) is 2. The molecule has 1 aliphatic carbocycles. The van der Waals surface area contributed by atoms with Gasteiger partial charge in [-0.1, -0.05) is 42.5 Å². The summed E-state index contributed by atoms with van der Waals surface area (Å²) in [6.07, 6.45) is 10.4. The van der Waals surface area contributed by atoms with E-state index in [9.17, 15) is 4.79 Å². The summed E-state index contributed by atoms with van der Waals surface area (Å²) in [7, 11) is 2.28. The molecule has 0 spiro atoms. The van der Waals surface area contributed by atoms with Gasteiger partial charge in [-0.05, 0) is 30.7 Å². The highest BCUT2D eigenvalue weighted by Gasteiger charge is 2.32. The van der Waals surface area contributed by atoms with Gasteiger partial charge in [0.1, 0.15) is 13.2 Å². The fourth-order valence-electron chi connectivity index (χ4n) is 4.11. The van der Waals surface area contributed by atoms with Crippen LogP contribution in [0.25, 0.3) is 0 Å². The van der Waals surface area contributed by atoms with Gasteiger partial charge in [0.25, 0.3) is 0 Å². The van der Waals surface area contributed by atoms with Crippen molar-refractivity contribution in [2.24, 2.45) is 5.92 Å². The smallest absolute Gasteiger partial charge is 0.314 e. The van der Waals surface area contributed by atoms with Crippen LogP contribution in [0.5, 0.6) is 0 Å². The normalized spacial score (nSPS) is 23.8. The van der Waals surface area contributed by atoms with Crippen LogP contribution in [0.4, 0.5) is 0 Å². The summed E-state index contributed by atoms with van der Waals surface area (Å²) >= 11 is 0. The number of allylic oxidation sites excluding steroid dienone is 2. The first-order chi connectivity index (χ1) is 11.7. The molecule has 1 aliphatic heterocycles. The molecule has 3 nitrogen and oxygen atoms in total.